The van der Waals surface area contributed by atoms with Crippen molar-refractivity contribution in [2.45, 2.75) is 19.4 Å². The maximum atomic E-state index is 10.9. The summed E-state index contributed by atoms with van der Waals surface area (Å²) in [6, 6.07) is 16.9. The monoisotopic (exact) mass is 508 g/mol. The number of fused-ring (bicyclic) bond motifs is 1. The van der Waals surface area contributed by atoms with Crippen molar-refractivity contribution in [2.75, 3.05) is 20.2 Å². The average molecular weight is 509 g/mol. The van der Waals surface area contributed by atoms with Gasteiger partial charge in [-0.05, 0) is 66.6 Å². The second-order valence-electron chi connectivity index (χ2n) is 9.80. The summed E-state index contributed by atoms with van der Waals surface area (Å²) in [6.07, 6.45) is 1.94. The van der Waals surface area contributed by atoms with Crippen molar-refractivity contribution in [3.8, 4) is 39.6 Å². The van der Waals surface area contributed by atoms with Crippen LogP contribution in [-0.4, -0.2) is 60.3 Å². The second kappa shape index (κ2) is 9.42. The van der Waals surface area contributed by atoms with Crippen molar-refractivity contribution < 1.29 is 14.9 Å². The van der Waals surface area contributed by atoms with Crippen LogP contribution in [0.1, 0.15) is 23.0 Å². The Morgan fingerprint density at radius 2 is 1.79 bits per heavy atom. The van der Waals surface area contributed by atoms with Crippen molar-refractivity contribution in [3.63, 3.8) is 0 Å². The third kappa shape index (κ3) is 4.41. The number of hydrogen-bond donors (Lipinski definition) is 2. The summed E-state index contributed by atoms with van der Waals surface area (Å²) in [6.45, 7) is 4.18. The number of pyridine rings is 1. The molecule has 0 bridgehead atoms. The first-order valence-electron chi connectivity index (χ1n) is 12.4. The molecule has 0 radical (unpaired) electrons. The molecule has 0 spiro atoms. The highest BCUT2D eigenvalue weighted by atomic mass is 16.5. The minimum absolute atomic E-state index is 0.134. The number of aryl methyl sites for hydroxylation is 2. The van der Waals surface area contributed by atoms with E-state index in [1.54, 1.807) is 30.0 Å². The van der Waals surface area contributed by atoms with E-state index in [-0.39, 0.29) is 17.4 Å². The largest absolute Gasteiger partial charge is 0.507 e. The van der Waals surface area contributed by atoms with Crippen LogP contribution in [0.2, 0.25) is 0 Å². The summed E-state index contributed by atoms with van der Waals surface area (Å²) in [4.78, 5) is 6.67. The van der Waals surface area contributed by atoms with Crippen LogP contribution in [0.4, 0.5) is 0 Å². The topological polar surface area (TPSA) is 109 Å². The van der Waals surface area contributed by atoms with Crippen LogP contribution in [0.15, 0.2) is 60.8 Å². The highest BCUT2D eigenvalue weighted by Gasteiger charge is 2.30. The predicted octanol–water partition coefficient (Wildman–Crippen LogP) is 4.42. The zero-order valence-corrected chi connectivity index (χ0v) is 21.5. The molecule has 38 heavy (non-hydrogen) atoms. The van der Waals surface area contributed by atoms with E-state index in [0.29, 0.717) is 29.2 Å². The highest BCUT2D eigenvalue weighted by Crippen LogP contribution is 2.36. The van der Waals surface area contributed by atoms with Crippen LogP contribution in [0.25, 0.3) is 33.3 Å². The molecular weight excluding hydrogens is 480 g/mol. The third-order valence-electron chi connectivity index (χ3n) is 7.04. The summed E-state index contributed by atoms with van der Waals surface area (Å²) in [5.41, 5.74) is 6.33. The lowest BCUT2D eigenvalue weighted by Gasteiger charge is -2.38. The Morgan fingerprint density at radius 3 is 2.53 bits per heavy atom. The van der Waals surface area contributed by atoms with Gasteiger partial charge in [-0.3, -0.25) is 14.6 Å². The smallest absolute Gasteiger partial charge is 0.147 e. The lowest BCUT2D eigenvalue weighted by atomic mass is 9.95. The molecule has 6 rings (SSSR count). The first kappa shape index (κ1) is 23.9. The molecule has 1 aliphatic heterocycles. The Bertz CT molecular complexity index is 1640. The van der Waals surface area contributed by atoms with Crippen LogP contribution in [0.5, 0.6) is 17.2 Å². The van der Waals surface area contributed by atoms with Crippen LogP contribution >= 0.6 is 0 Å². The molecule has 2 aromatic carbocycles. The van der Waals surface area contributed by atoms with Crippen molar-refractivity contribution in [2.24, 2.45) is 7.05 Å². The molecule has 0 amide bonds. The molecule has 0 saturated carbocycles. The Balaban J connectivity index is 1.16. The lowest BCUT2D eigenvalue weighted by Crippen LogP contribution is -2.44. The molecule has 0 unspecified atom stereocenters. The third-order valence-corrected chi connectivity index (χ3v) is 7.04. The molecule has 192 valence electrons. The van der Waals surface area contributed by atoms with Gasteiger partial charge in [0.1, 0.15) is 22.8 Å². The molecule has 2 N–H and O–H groups in total. The second-order valence-corrected chi connectivity index (χ2v) is 9.80. The van der Waals surface area contributed by atoms with E-state index in [9.17, 15) is 10.2 Å². The minimum Gasteiger partial charge on any atom is -0.507 e. The molecule has 9 nitrogen and oxygen atoms in total. The van der Waals surface area contributed by atoms with Gasteiger partial charge in [0, 0.05) is 55.4 Å². The zero-order valence-electron chi connectivity index (χ0n) is 21.5. The fraction of sp³-hybridized carbons (Fsp3) is 0.241. The van der Waals surface area contributed by atoms with Gasteiger partial charge in [-0.15, -0.1) is 0 Å². The van der Waals surface area contributed by atoms with Crippen LogP contribution in [-0.2, 0) is 13.6 Å². The SMILES string of the molecule is COc1cc(-c2ccc(-c3ccc(C4CN(Cc5nc(C)ccc5O)C4)nn3)c(O)c2)cc2cn(C)nc12. The first-order valence-corrected chi connectivity index (χ1v) is 12.4. The number of phenols is 1. The van der Waals surface area contributed by atoms with E-state index >= 15 is 0 Å². The van der Waals surface area contributed by atoms with E-state index in [1.807, 2.05) is 56.6 Å². The highest BCUT2D eigenvalue weighted by molar-refractivity contribution is 5.90. The Hall–Kier alpha value is -4.50. The Kier molecular flexibility index (Phi) is 5.92. The number of aromatic hydroxyl groups is 2. The quantitative estimate of drug-likeness (QED) is 0.347. The number of aromatic nitrogens is 5. The predicted molar refractivity (Wildman–Crippen MR) is 144 cm³/mol. The van der Waals surface area contributed by atoms with Gasteiger partial charge in [0.25, 0.3) is 0 Å². The lowest BCUT2D eigenvalue weighted by molar-refractivity contribution is 0.133. The first-order chi connectivity index (χ1) is 18.4. The van der Waals surface area contributed by atoms with Gasteiger partial charge in [-0.1, -0.05) is 6.07 Å². The standard InChI is InChI=1S/C29H28N6O3/c1-17-4-9-26(36)25(30-17)16-35-14-21(15-35)23-7-8-24(32-31-23)22-6-5-18(11-27(22)37)19-10-20-13-34(2)33-29(20)28(12-19)38-3/h4-13,21,36-37H,14-16H2,1-3H3. The number of phenolic OH excluding ortho intramolecular Hbond substituents is 1. The molecule has 1 saturated heterocycles. The molecule has 0 aliphatic carbocycles. The van der Waals surface area contributed by atoms with Gasteiger partial charge in [0.05, 0.1) is 24.2 Å². The van der Waals surface area contributed by atoms with Gasteiger partial charge in [-0.2, -0.15) is 15.3 Å². The normalized spacial score (nSPS) is 14.1. The van der Waals surface area contributed by atoms with E-state index in [0.717, 1.165) is 46.5 Å². The molecular formula is C29H28N6O3. The van der Waals surface area contributed by atoms with Crippen molar-refractivity contribution in [1.82, 2.24) is 29.9 Å². The maximum absolute atomic E-state index is 10.9. The van der Waals surface area contributed by atoms with Gasteiger partial charge >= 0.3 is 0 Å². The van der Waals surface area contributed by atoms with Gasteiger partial charge in [0.15, 0.2) is 0 Å². The number of methoxy groups -OCH3 is 1. The molecule has 1 fully saturated rings. The van der Waals surface area contributed by atoms with E-state index in [2.05, 4.69) is 25.2 Å². The fourth-order valence-electron chi connectivity index (χ4n) is 4.99. The molecule has 1 aliphatic rings. The number of nitrogens with zero attached hydrogens (tertiary/aromatic N) is 6. The van der Waals surface area contributed by atoms with Gasteiger partial charge in [0.2, 0.25) is 0 Å². The fourth-order valence-corrected chi connectivity index (χ4v) is 4.99. The van der Waals surface area contributed by atoms with E-state index in [4.69, 9.17) is 4.74 Å². The van der Waals surface area contributed by atoms with Crippen LogP contribution in [0, 0.1) is 6.92 Å². The summed E-state index contributed by atoms with van der Waals surface area (Å²) < 4.78 is 7.30. The summed E-state index contributed by atoms with van der Waals surface area (Å²) in [5, 5.41) is 35.2. The van der Waals surface area contributed by atoms with Crippen molar-refractivity contribution in [3.05, 3.63) is 77.9 Å². The number of hydrogen-bond acceptors (Lipinski definition) is 8. The Labute approximate surface area is 220 Å². The molecule has 0 atom stereocenters. The average Bonchev–Trinajstić information content (AvgIpc) is 3.27. The zero-order chi connectivity index (χ0) is 26.4. The van der Waals surface area contributed by atoms with Crippen LogP contribution in [0.3, 0.4) is 0 Å². The summed E-state index contributed by atoms with van der Waals surface area (Å²) in [5.74, 6) is 1.32. The Morgan fingerprint density at radius 1 is 0.947 bits per heavy atom. The number of likely N-dealkylation sites (tertiary alicyclic amines) is 1. The van der Waals surface area contributed by atoms with Gasteiger partial charge < -0.3 is 14.9 Å². The van der Waals surface area contributed by atoms with Crippen molar-refractivity contribution in [1.29, 1.82) is 0 Å². The van der Waals surface area contributed by atoms with Gasteiger partial charge in [-0.25, -0.2) is 0 Å². The molecule has 5 aromatic rings. The van der Waals surface area contributed by atoms with Crippen LogP contribution < -0.4 is 4.74 Å². The van der Waals surface area contributed by atoms with E-state index < -0.39 is 0 Å². The number of ether oxygens (including phenoxy) is 1. The number of rotatable bonds is 6. The van der Waals surface area contributed by atoms with E-state index in [1.165, 1.54) is 0 Å². The molecule has 3 aromatic heterocycles. The molecule has 9 heteroatoms. The summed E-state index contributed by atoms with van der Waals surface area (Å²) >= 11 is 0. The number of benzene rings is 2. The summed E-state index contributed by atoms with van der Waals surface area (Å²) in [7, 11) is 3.51. The molecule has 4 heterocycles. The van der Waals surface area contributed by atoms with Crippen molar-refractivity contribution >= 4 is 10.9 Å². The maximum Gasteiger partial charge on any atom is 0.147 e. The minimum atomic E-state index is 0.134.